The van der Waals surface area contributed by atoms with E-state index in [1.54, 1.807) is 23.1 Å². The molecule has 2 atom stereocenters. The first-order chi connectivity index (χ1) is 17.6. The maximum Gasteiger partial charge on any atom is 0.243 e. The second-order valence-corrected chi connectivity index (χ2v) is 11.1. The molecule has 3 rings (SSSR count). The topological polar surface area (TPSA) is 105 Å². The Bertz CT molecular complexity index is 1170. The molecule has 2 aromatic carbocycles. The molecule has 1 aliphatic heterocycles. The third kappa shape index (κ3) is 7.61. The van der Waals surface area contributed by atoms with Gasteiger partial charge < -0.3 is 19.7 Å². The van der Waals surface area contributed by atoms with Crippen molar-refractivity contribution >= 4 is 27.5 Å². The molecule has 2 unspecified atom stereocenters. The van der Waals surface area contributed by atoms with Gasteiger partial charge in [-0.1, -0.05) is 44.2 Å². The van der Waals surface area contributed by atoms with Crippen LogP contribution >= 0.6 is 0 Å². The minimum absolute atomic E-state index is 0.000229. The summed E-state index contributed by atoms with van der Waals surface area (Å²) in [5.74, 6) is 0.660. The van der Waals surface area contributed by atoms with Crippen LogP contribution < -0.4 is 19.1 Å². The first kappa shape index (κ1) is 28.3. The Hall–Kier alpha value is -3.27. The van der Waals surface area contributed by atoms with Gasteiger partial charge in [-0.25, -0.2) is 8.42 Å². The number of rotatable bonds is 13. The Kier molecular flexibility index (Phi) is 9.79. The summed E-state index contributed by atoms with van der Waals surface area (Å²) >= 11 is 0. The number of nitrogens with zero attached hydrogens (tertiary/aromatic N) is 2. The van der Waals surface area contributed by atoms with Crippen LogP contribution in [0.3, 0.4) is 0 Å². The number of anilines is 1. The van der Waals surface area contributed by atoms with E-state index in [0.29, 0.717) is 30.2 Å². The largest absolute Gasteiger partial charge is 0.454 e. The molecular formula is C27H37N3O6S. The van der Waals surface area contributed by atoms with E-state index in [4.69, 9.17) is 9.47 Å². The molecule has 0 aromatic heterocycles. The highest BCUT2D eigenvalue weighted by Crippen LogP contribution is 2.36. The van der Waals surface area contributed by atoms with Gasteiger partial charge in [-0.05, 0) is 43.9 Å². The monoisotopic (exact) mass is 531 g/mol. The van der Waals surface area contributed by atoms with E-state index in [1.807, 2.05) is 51.1 Å². The number of sulfonamides is 1. The van der Waals surface area contributed by atoms with Crippen LogP contribution in [0.15, 0.2) is 48.5 Å². The van der Waals surface area contributed by atoms with E-state index < -0.39 is 16.1 Å². The number of carbonyl (C=O) groups excluding carboxylic acids is 2. The van der Waals surface area contributed by atoms with E-state index in [0.717, 1.165) is 18.2 Å². The first-order valence-corrected chi connectivity index (χ1v) is 14.5. The number of fused-ring (bicyclic) bond motifs is 1. The summed E-state index contributed by atoms with van der Waals surface area (Å²) < 4.78 is 37.1. The van der Waals surface area contributed by atoms with Gasteiger partial charge in [0, 0.05) is 31.6 Å². The Morgan fingerprint density at radius 1 is 1.03 bits per heavy atom. The first-order valence-electron chi connectivity index (χ1n) is 12.6. The van der Waals surface area contributed by atoms with E-state index in [2.05, 4.69) is 5.32 Å². The lowest BCUT2D eigenvalue weighted by Gasteiger charge is -2.32. The maximum absolute atomic E-state index is 13.5. The fourth-order valence-electron chi connectivity index (χ4n) is 4.18. The Balaban J connectivity index is 1.75. The van der Waals surface area contributed by atoms with Crippen molar-refractivity contribution in [2.24, 2.45) is 0 Å². The molecule has 1 N–H and O–H groups in total. The molecule has 37 heavy (non-hydrogen) atoms. The molecule has 0 radical (unpaired) electrons. The minimum atomic E-state index is -3.61. The average Bonchev–Trinajstić information content (AvgIpc) is 3.34. The van der Waals surface area contributed by atoms with Gasteiger partial charge in [0.2, 0.25) is 28.6 Å². The van der Waals surface area contributed by atoms with E-state index >= 15 is 0 Å². The quantitative estimate of drug-likeness (QED) is 0.423. The van der Waals surface area contributed by atoms with Gasteiger partial charge in [-0.15, -0.1) is 0 Å². The van der Waals surface area contributed by atoms with Crippen LogP contribution in [0, 0.1) is 0 Å². The lowest BCUT2D eigenvalue weighted by molar-refractivity contribution is -0.141. The Morgan fingerprint density at radius 2 is 1.73 bits per heavy atom. The second-order valence-electron chi connectivity index (χ2n) is 9.23. The van der Waals surface area contributed by atoms with Crippen molar-refractivity contribution < 1.29 is 27.5 Å². The molecule has 202 valence electrons. The zero-order valence-electron chi connectivity index (χ0n) is 22.0. The summed E-state index contributed by atoms with van der Waals surface area (Å²) in [4.78, 5) is 28.1. The van der Waals surface area contributed by atoms with Crippen LogP contribution in [0.25, 0.3) is 0 Å². The van der Waals surface area contributed by atoms with Gasteiger partial charge in [-0.2, -0.15) is 0 Å². The van der Waals surface area contributed by atoms with Gasteiger partial charge >= 0.3 is 0 Å². The second kappa shape index (κ2) is 12.8. The van der Waals surface area contributed by atoms with Crippen molar-refractivity contribution in [1.29, 1.82) is 0 Å². The summed E-state index contributed by atoms with van der Waals surface area (Å²) in [5, 5.41) is 3.00. The molecule has 9 nitrogen and oxygen atoms in total. The van der Waals surface area contributed by atoms with E-state index in [-0.39, 0.29) is 44.0 Å². The summed E-state index contributed by atoms with van der Waals surface area (Å²) in [6, 6.07) is 13.9. The molecule has 0 saturated carbocycles. The number of hydrogen-bond acceptors (Lipinski definition) is 6. The third-order valence-corrected chi connectivity index (χ3v) is 7.57. The van der Waals surface area contributed by atoms with Crippen LogP contribution in [0.5, 0.6) is 11.5 Å². The molecule has 0 spiro atoms. The van der Waals surface area contributed by atoms with Crippen LogP contribution in [0.4, 0.5) is 5.69 Å². The summed E-state index contributed by atoms with van der Waals surface area (Å²) in [7, 11) is -3.61. The molecular weight excluding hydrogens is 494 g/mol. The highest BCUT2D eigenvalue weighted by Gasteiger charge is 2.29. The van der Waals surface area contributed by atoms with Gasteiger partial charge in [-0.3, -0.25) is 13.9 Å². The minimum Gasteiger partial charge on any atom is -0.454 e. The molecule has 10 heteroatoms. The predicted molar refractivity (Wildman–Crippen MR) is 143 cm³/mol. The summed E-state index contributed by atoms with van der Waals surface area (Å²) in [6.07, 6.45) is 2.77. The lowest BCUT2D eigenvalue weighted by Crippen LogP contribution is -2.50. The van der Waals surface area contributed by atoms with Crippen molar-refractivity contribution in [3.8, 4) is 11.5 Å². The molecule has 0 aliphatic carbocycles. The molecule has 1 heterocycles. The number of nitrogens with one attached hydrogen (secondary N) is 1. The van der Waals surface area contributed by atoms with Crippen LogP contribution in [0.1, 0.15) is 52.0 Å². The molecule has 0 bridgehead atoms. The van der Waals surface area contributed by atoms with E-state index in [1.165, 1.54) is 4.31 Å². The van der Waals surface area contributed by atoms with Gasteiger partial charge in [0.25, 0.3) is 0 Å². The summed E-state index contributed by atoms with van der Waals surface area (Å²) in [6.45, 7) is 6.31. The van der Waals surface area contributed by atoms with Crippen LogP contribution in [-0.4, -0.2) is 56.8 Å². The third-order valence-electron chi connectivity index (χ3n) is 6.38. The Labute approximate surface area is 219 Å². The van der Waals surface area contributed by atoms with Crippen molar-refractivity contribution in [2.75, 3.05) is 23.9 Å². The number of hydrogen-bond donors (Lipinski definition) is 1. The number of amides is 2. The SMILES string of the molecule is CCC(C)NC(=O)C(CC)N(Cc1ccccc1)C(=O)CCCN(c1ccc2c(c1)OCO2)S(C)(=O)=O. The smallest absolute Gasteiger partial charge is 0.243 e. The zero-order valence-corrected chi connectivity index (χ0v) is 22.8. The number of ether oxygens (including phenoxy) is 2. The maximum atomic E-state index is 13.5. The predicted octanol–water partition coefficient (Wildman–Crippen LogP) is 3.68. The van der Waals surface area contributed by atoms with Crippen molar-refractivity contribution in [1.82, 2.24) is 10.2 Å². The normalized spacial score (nSPS) is 14.1. The Morgan fingerprint density at radius 3 is 2.38 bits per heavy atom. The standard InChI is InChI=1S/C27H37N3O6S/c1-5-20(3)28-27(32)23(6-2)29(18-21-11-8-7-9-12-21)26(31)13-10-16-30(37(4,33)34)22-14-15-24-25(17-22)36-19-35-24/h7-9,11-12,14-15,17,20,23H,5-6,10,13,16,18-19H2,1-4H3,(H,28,32). The van der Waals surface area contributed by atoms with Crippen molar-refractivity contribution in [3.05, 3.63) is 54.1 Å². The number of carbonyl (C=O) groups is 2. The van der Waals surface area contributed by atoms with Gasteiger partial charge in [0.15, 0.2) is 11.5 Å². The molecule has 0 saturated heterocycles. The fraction of sp³-hybridized carbons (Fsp3) is 0.481. The fourth-order valence-corrected chi connectivity index (χ4v) is 5.14. The summed E-state index contributed by atoms with van der Waals surface area (Å²) in [5.41, 5.74) is 1.36. The van der Waals surface area contributed by atoms with E-state index in [9.17, 15) is 18.0 Å². The lowest BCUT2D eigenvalue weighted by atomic mass is 10.1. The average molecular weight is 532 g/mol. The molecule has 0 fully saturated rings. The molecule has 2 aromatic rings. The zero-order chi connectivity index (χ0) is 27.0. The number of benzene rings is 2. The highest BCUT2D eigenvalue weighted by molar-refractivity contribution is 7.92. The van der Waals surface area contributed by atoms with Crippen molar-refractivity contribution in [3.63, 3.8) is 0 Å². The molecule has 1 aliphatic rings. The highest BCUT2D eigenvalue weighted by atomic mass is 32.2. The van der Waals surface area contributed by atoms with Gasteiger partial charge in [0.1, 0.15) is 6.04 Å². The molecule has 2 amide bonds. The van der Waals surface area contributed by atoms with Crippen LogP contribution in [-0.2, 0) is 26.2 Å². The van der Waals surface area contributed by atoms with Crippen LogP contribution in [0.2, 0.25) is 0 Å². The van der Waals surface area contributed by atoms with Gasteiger partial charge in [0.05, 0.1) is 11.9 Å². The van der Waals surface area contributed by atoms with Crippen molar-refractivity contribution in [2.45, 2.75) is 65.1 Å².